The van der Waals surface area contributed by atoms with Crippen molar-refractivity contribution in [3.8, 4) is 0 Å². The summed E-state index contributed by atoms with van der Waals surface area (Å²) >= 11 is 0. The molecular formula is C61H112O6. The van der Waals surface area contributed by atoms with Gasteiger partial charge in [0.15, 0.2) is 6.10 Å². The zero-order valence-electron chi connectivity index (χ0n) is 44.9. The number of esters is 3. The molecule has 0 aliphatic heterocycles. The van der Waals surface area contributed by atoms with Gasteiger partial charge in [-0.25, -0.2) is 0 Å². The van der Waals surface area contributed by atoms with Crippen molar-refractivity contribution in [2.24, 2.45) is 0 Å². The molecule has 0 aromatic carbocycles. The summed E-state index contributed by atoms with van der Waals surface area (Å²) in [6, 6.07) is 0. The van der Waals surface area contributed by atoms with Gasteiger partial charge in [0.25, 0.3) is 0 Å². The largest absolute Gasteiger partial charge is 0.462 e. The Morgan fingerprint density at radius 3 is 0.866 bits per heavy atom. The molecule has 0 N–H and O–H groups in total. The molecule has 0 spiro atoms. The summed E-state index contributed by atoms with van der Waals surface area (Å²) in [5.74, 6) is -0.878. The van der Waals surface area contributed by atoms with Gasteiger partial charge in [0.05, 0.1) is 0 Å². The number of hydrogen-bond acceptors (Lipinski definition) is 6. The molecule has 0 radical (unpaired) electrons. The van der Waals surface area contributed by atoms with Gasteiger partial charge < -0.3 is 14.2 Å². The number of rotatable bonds is 54. The van der Waals surface area contributed by atoms with Gasteiger partial charge in [-0.3, -0.25) is 14.4 Å². The minimum atomic E-state index is -0.769. The van der Waals surface area contributed by atoms with Gasteiger partial charge in [-0.2, -0.15) is 0 Å². The van der Waals surface area contributed by atoms with Crippen LogP contribution in [-0.2, 0) is 28.6 Å². The Bertz CT molecular complexity index is 1130. The van der Waals surface area contributed by atoms with Crippen LogP contribution < -0.4 is 0 Å². The molecule has 0 heterocycles. The predicted molar refractivity (Wildman–Crippen MR) is 289 cm³/mol. The van der Waals surface area contributed by atoms with E-state index in [2.05, 4.69) is 57.2 Å². The molecule has 67 heavy (non-hydrogen) atoms. The molecule has 0 amide bonds. The third-order valence-electron chi connectivity index (χ3n) is 13.1. The molecule has 0 bridgehead atoms. The maximum absolute atomic E-state index is 12.7. The molecule has 6 heteroatoms. The highest BCUT2D eigenvalue weighted by atomic mass is 16.6. The first-order valence-electron chi connectivity index (χ1n) is 29.5. The summed E-state index contributed by atoms with van der Waals surface area (Å²) in [5, 5.41) is 0. The molecule has 0 aliphatic rings. The van der Waals surface area contributed by atoms with E-state index in [0.717, 1.165) is 70.6 Å². The molecule has 0 aliphatic carbocycles. The van der Waals surface area contributed by atoms with Crippen molar-refractivity contribution in [1.29, 1.82) is 0 Å². The molecule has 1 atom stereocenters. The van der Waals surface area contributed by atoms with Crippen LogP contribution in [0.3, 0.4) is 0 Å². The Hall–Kier alpha value is -2.37. The minimum Gasteiger partial charge on any atom is -0.462 e. The molecule has 0 saturated heterocycles. The number of carbonyl (C=O) groups excluding carboxylic acids is 3. The Labute approximate surface area is 416 Å². The number of unbranched alkanes of at least 4 members (excludes halogenated alkanes) is 37. The first-order chi connectivity index (χ1) is 33.0. The quantitative estimate of drug-likeness (QED) is 0.0262. The van der Waals surface area contributed by atoms with E-state index >= 15 is 0 Å². The predicted octanol–water partition coefficient (Wildman–Crippen LogP) is 19.7. The number of carbonyl (C=O) groups is 3. The third kappa shape index (κ3) is 54.4. The maximum Gasteiger partial charge on any atom is 0.306 e. The third-order valence-corrected chi connectivity index (χ3v) is 13.1. The van der Waals surface area contributed by atoms with Crippen LogP contribution in [0.4, 0.5) is 0 Å². The van der Waals surface area contributed by atoms with Gasteiger partial charge in [0.1, 0.15) is 13.2 Å². The van der Waals surface area contributed by atoms with Crippen molar-refractivity contribution in [3.63, 3.8) is 0 Å². The molecule has 0 aromatic rings. The van der Waals surface area contributed by atoms with E-state index in [0.29, 0.717) is 19.3 Å². The average Bonchev–Trinajstić information content (AvgIpc) is 3.33. The van der Waals surface area contributed by atoms with Gasteiger partial charge in [-0.1, -0.05) is 256 Å². The molecule has 392 valence electrons. The fraction of sp³-hybridized carbons (Fsp3) is 0.852. The molecule has 0 rings (SSSR count). The van der Waals surface area contributed by atoms with Crippen molar-refractivity contribution < 1.29 is 28.6 Å². The normalized spacial score (nSPS) is 12.2. The topological polar surface area (TPSA) is 78.9 Å². The summed E-state index contributed by atoms with van der Waals surface area (Å²) in [6.07, 6.45) is 67.7. The van der Waals surface area contributed by atoms with Crippen LogP contribution in [0.5, 0.6) is 0 Å². The highest BCUT2D eigenvalue weighted by molar-refractivity contribution is 5.71. The van der Waals surface area contributed by atoms with Crippen LogP contribution in [0.25, 0.3) is 0 Å². The van der Waals surface area contributed by atoms with Crippen LogP contribution in [-0.4, -0.2) is 37.2 Å². The summed E-state index contributed by atoms with van der Waals surface area (Å²) in [7, 11) is 0. The molecule has 0 fully saturated rings. The second-order valence-corrected chi connectivity index (χ2v) is 19.9. The molecule has 0 saturated carbocycles. The highest BCUT2D eigenvalue weighted by Gasteiger charge is 2.19. The number of allylic oxidation sites excluding steroid dienone is 6. The molecular weight excluding hydrogens is 829 g/mol. The van der Waals surface area contributed by atoms with E-state index < -0.39 is 6.10 Å². The maximum atomic E-state index is 12.7. The Balaban J connectivity index is 3.92. The van der Waals surface area contributed by atoms with E-state index in [1.807, 2.05) is 0 Å². The zero-order chi connectivity index (χ0) is 48.6. The van der Waals surface area contributed by atoms with Crippen molar-refractivity contribution in [2.75, 3.05) is 13.2 Å². The minimum absolute atomic E-state index is 0.0718. The average molecular weight is 942 g/mol. The lowest BCUT2D eigenvalue weighted by molar-refractivity contribution is -0.167. The summed E-state index contributed by atoms with van der Waals surface area (Å²) in [6.45, 7) is 6.56. The Kier molecular flexibility index (Phi) is 54.2. The summed E-state index contributed by atoms with van der Waals surface area (Å²) in [4.78, 5) is 37.8. The Morgan fingerprint density at radius 1 is 0.299 bits per heavy atom. The highest BCUT2D eigenvalue weighted by Crippen LogP contribution is 2.17. The lowest BCUT2D eigenvalue weighted by Crippen LogP contribution is -2.30. The molecule has 1 unspecified atom stereocenters. The van der Waals surface area contributed by atoms with Crippen molar-refractivity contribution in [2.45, 2.75) is 322 Å². The summed E-state index contributed by atoms with van der Waals surface area (Å²) < 4.78 is 16.7. The second-order valence-electron chi connectivity index (χ2n) is 19.9. The van der Waals surface area contributed by atoms with Gasteiger partial charge in [-0.05, 0) is 77.0 Å². The standard InChI is InChI=1S/C61H112O6/c1-4-7-10-13-16-18-20-22-23-24-25-26-27-28-29-30-31-32-33-34-35-36-37-38-39-40-42-43-45-48-51-54-60(63)66-57-58(56-65-59(62)53-50-47-15-12-9-6-3)67-61(64)55-52-49-46-44-41-21-19-17-14-11-8-5-2/h17,19-20,22,24-25,58H,4-16,18,21,23,26-57H2,1-3H3/b19-17-,22-20-,25-24-. The van der Waals surface area contributed by atoms with Gasteiger partial charge in [-0.15, -0.1) is 0 Å². The first kappa shape index (κ1) is 64.6. The fourth-order valence-corrected chi connectivity index (χ4v) is 8.65. The smallest absolute Gasteiger partial charge is 0.306 e. The fourth-order valence-electron chi connectivity index (χ4n) is 8.65. The first-order valence-corrected chi connectivity index (χ1v) is 29.5. The van der Waals surface area contributed by atoms with Gasteiger partial charge in [0, 0.05) is 19.3 Å². The lowest BCUT2D eigenvalue weighted by atomic mass is 10.0. The Morgan fingerprint density at radius 2 is 0.537 bits per heavy atom. The van der Waals surface area contributed by atoms with Crippen molar-refractivity contribution in [1.82, 2.24) is 0 Å². The monoisotopic (exact) mass is 941 g/mol. The molecule has 6 nitrogen and oxygen atoms in total. The van der Waals surface area contributed by atoms with Gasteiger partial charge >= 0.3 is 17.9 Å². The van der Waals surface area contributed by atoms with Crippen LogP contribution >= 0.6 is 0 Å². The van der Waals surface area contributed by atoms with E-state index in [-0.39, 0.29) is 31.1 Å². The van der Waals surface area contributed by atoms with E-state index in [1.165, 1.54) is 205 Å². The van der Waals surface area contributed by atoms with Gasteiger partial charge in [0.2, 0.25) is 0 Å². The van der Waals surface area contributed by atoms with E-state index in [4.69, 9.17) is 14.2 Å². The zero-order valence-corrected chi connectivity index (χ0v) is 44.9. The van der Waals surface area contributed by atoms with Crippen molar-refractivity contribution >= 4 is 17.9 Å². The van der Waals surface area contributed by atoms with E-state index in [1.54, 1.807) is 0 Å². The van der Waals surface area contributed by atoms with E-state index in [9.17, 15) is 14.4 Å². The second kappa shape index (κ2) is 56.2. The number of ether oxygens (including phenoxy) is 3. The van der Waals surface area contributed by atoms with Crippen LogP contribution in [0, 0.1) is 0 Å². The van der Waals surface area contributed by atoms with Crippen LogP contribution in [0.2, 0.25) is 0 Å². The van der Waals surface area contributed by atoms with Crippen LogP contribution in [0.15, 0.2) is 36.5 Å². The van der Waals surface area contributed by atoms with Crippen LogP contribution in [0.1, 0.15) is 316 Å². The number of hydrogen-bond donors (Lipinski definition) is 0. The lowest BCUT2D eigenvalue weighted by Gasteiger charge is -2.18. The molecule has 0 aromatic heterocycles. The van der Waals surface area contributed by atoms with Crippen molar-refractivity contribution in [3.05, 3.63) is 36.5 Å². The summed E-state index contributed by atoms with van der Waals surface area (Å²) in [5.41, 5.74) is 0. The SMILES string of the molecule is CCCCC/C=C\CCCCCCCC(=O)OC(COC(=O)CCCCCCCC)COC(=O)CCCCCCCCCCCCCCCCCCCCC/C=C\C/C=C\CCCCCCC.